The van der Waals surface area contributed by atoms with Crippen LogP contribution in [0, 0.1) is 6.92 Å². The Morgan fingerprint density at radius 1 is 1.15 bits per heavy atom. The van der Waals surface area contributed by atoms with Crippen molar-refractivity contribution in [3.8, 4) is 5.75 Å². The standard InChI is InChI=1S/C21H25NO4/c1-4-15(3)26-19-11-14(2)9-10-17(19)13-22-20(23)12-16-7-5-6-8-18(16)21(24)25/h5-11,15H,4,12-13H2,1-3H3,(H,22,23)(H,24,25). The molecule has 0 aromatic heterocycles. The van der Waals surface area contributed by atoms with E-state index in [4.69, 9.17) is 4.74 Å². The van der Waals surface area contributed by atoms with Gasteiger partial charge in [-0.3, -0.25) is 4.79 Å². The van der Waals surface area contributed by atoms with E-state index < -0.39 is 5.97 Å². The van der Waals surface area contributed by atoms with Crippen LogP contribution in [0.5, 0.6) is 5.75 Å². The highest BCUT2D eigenvalue weighted by Crippen LogP contribution is 2.22. The highest BCUT2D eigenvalue weighted by atomic mass is 16.5. The van der Waals surface area contributed by atoms with E-state index >= 15 is 0 Å². The zero-order chi connectivity index (χ0) is 19.1. The molecule has 0 aliphatic carbocycles. The van der Waals surface area contributed by atoms with E-state index in [0.29, 0.717) is 12.1 Å². The molecule has 0 aliphatic heterocycles. The molecular weight excluding hydrogens is 330 g/mol. The maximum atomic E-state index is 12.3. The van der Waals surface area contributed by atoms with Crippen LogP contribution < -0.4 is 10.1 Å². The minimum atomic E-state index is -1.03. The molecule has 0 saturated carbocycles. The summed E-state index contributed by atoms with van der Waals surface area (Å²) in [5.41, 5.74) is 2.64. The first-order valence-electron chi connectivity index (χ1n) is 8.74. The molecule has 0 bridgehead atoms. The Morgan fingerprint density at radius 2 is 1.88 bits per heavy atom. The molecule has 1 unspecified atom stereocenters. The van der Waals surface area contributed by atoms with Gasteiger partial charge in [-0.15, -0.1) is 0 Å². The van der Waals surface area contributed by atoms with Gasteiger partial charge < -0.3 is 15.2 Å². The Labute approximate surface area is 154 Å². The summed E-state index contributed by atoms with van der Waals surface area (Å²) >= 11 is 0. The lowest BCUT2D eigenvalue weighted by Crippen LogP contribution is -2.26. The van der Waals surface area contributed by atoms with Crippen LogP contribution >= 0.6 is 0 Å². The van der Waals surface area contributed by atoms with Crippen LogP contribution in [-0.4, -0.2) is 23.1 Å². The van der Waals surface area contributed by atoms with Crippen LogP contribution in [0.15, 0.2) is 42.5 Å². The fourth-order valence-corrected chi connectivity index (χ4v) is 2.53. The number of carboxylic acids is 1. The molecule has 138 valence electrons. The minimum absolute atomic E-state index is 0.0237. The third-order valence-corrected chi connectivity index (χ3v) is 4.20. The highest BCUT2D eigenvalue weighted by molar-refractivity contribution is 5.91. The predicted octanol–water partition coefficient (Wildman–Crippen LogP) is 3.73. The quantitative estimate of drug-likeness (QED) is 0.756. The lowest BCUT2D eigenvalue weighted by atomic mass is 10.0. The average Bonchev–Trinajstić information content (AvgIpc) is 2.61. The number of hydrogen-bond donors (Lipinski definition) is 2. The van der Waals surface area contributed by atoms with Crippen molar-refractivity contribution in [3.63, 3.8) is 0 Å². The van der Waals surface area contributed by atoms with Crippen LogP contribution in [0.1, 0.15) is 47.3 Å². The Morgan fingerprint density at radius 3 is 2.58 bits per heavy atom. The molecular formula is C21H25NO4. The first-order valence-corrected chi connectivity index (χ1v) is 8.74. The van der Waals surface area contributed by atoms with Crippen molar-refractivity contribution >= 4 is 11.9 Å². The molecule has 26 heavy (non-hydrogen) atoms. The zero-order valence-corrected chi connectivity index (χ0v) is 15.4. The Balaban J connectivity index is 2.05. The van der Waals surface area contributed by atoms with Gasteiger partial charge in [0.15, 0.2) is 0 Å². The largest absolute Gasteiger partial charge is 0.490 e. The van der Waals surface area contributed by atoms with E-state index in [9.17, 15) is 14.7 Å². The summed E-state index contributed by atoms with van der Waals surface area (Å²) in [6.07, 6.45) is 1.01. The summed E-state index contributed by atoms with van der Waals surface area (Å²) < 4.78 is 5.95. The number of hydrogen-bond acceptors (Lipinski definition) is 3. The lowest BCUT2D eigenvalue weighted by Gasteiger charge is -2.17. The summed E-state index contributed by atoms with van der Waals surface area (Å²) in [6.45, 7) is 6.39. The molecule has 5 nitrogen and oxygen atoms in total. The van der Waals surface area contributed by atoms with Crippen molar-refractivity contribution in [2.24, 2.45) is 0 Å². The van der Waals surface area contributed by atoms with Crippen molar-refractivity contribution < 1.29 is 19.4 Å². The molecule has 0 heterocycles. The Kier molecular flexibility index (Phi) is 6.78. The molecule has 0 saturated heterocycles. The second kappa shape index (κ2) is 9.04. The number of amides is 1. The topological polar surface area (TPSA) is 75.6 Å². The number of carbonyl (C=O) groups excluding carboxylic acids is 1. The second-order valence-electron chi connectivity index (χ2n) is 6.36. The van der Waals surface area contributed by atoms with Gasteiger partial charge in [0.1, 0.15) is 5.75 Å². The number of aromatic carboxylic acids is 1. The van der Waals surface area contributed by atoms with Crippen LogP contribution in [0.4, 0.5) is 0 Å². The molecule has 0 spiro atoms. The smallest absolute Gasteiger partial charge is 0.335 e. The van der Waals surface area contributed by atoms with Gasteiger partial charge in [0.25, 0.3) is 0 Å². The summed E-state index contributed by atoms with van der Waals surface area (Å²) in [6, 6.07) is 12.4. The van der Waals surface area contributed by atoms with E-state index in [1.54, 1.807) is 18.2 Å². The molecule has 0 aliphatic rings. The van der Waals surface area contributed by atoms with Crippen LogP contribution in [0.2, 0.25) is 0 Å². The first-order chi connectivity index (χ1) is 12.4. The zero-order valence-electron chi connectivity index (χ0n) is 15.4. The van der Waals surface area contributed by atoms with Crippen molar-refractivity contribution in [1.82, 2.24) is 5.32 Å². The summed E-state index contributed by atoms with van der Waals surface area (Å²) in [5.74, 6) is -0.490. The molecule has 1 amide bonds. The molecule has 1 atom stereocenters. The van der Waals surface area contributed by atoms with Crippen molar-refractivity contribution in [3.05, 3.63) is 64.7 Å². The molecule has 0 fully saturated rings. The fourth-order valence-electron chi connectivity index (χ4n) is 2.53. The van der Waals surface area contributed by atoms with Gasteiger partial charge in [0.2, 0.25) is 5.91 Å². The van der Waals surface area contributed by atoms with Crippen LogP contribution in [-0.2, 0) is 17.8 Å². The number of aryl methyl sites for hydroxylation is 1. The maximum Gasteiger partial charge on any atom is 0.335 e. The minimum Gasteiger partial charge on any atom is -0.490 e. The van der Waals surface area contributed by atoms with E-state index in [2.05, 4.69) is 12.2 Å². The average molecular weight is 355 g/mol. The summed E-state index contributed by atoms with van der Waals surface area (Å²) in [7, 11) is 0. The highest BCUT2D eigenvalue weighted by Gasteiger charge is 2.13. The maximum absolute atomic E-state index is 12.3. The number of nitrogens with one attached hydrogen (secondary N) is 1. The molecule has 2 rings (SSSR count). The molecule has 2 aromatic carbocycles. The van der Waals surface area contributed by atoms with E-state index in [0.717, 1.165) is 23.3 Å². The van der Waals surface area contributed by atoms with Gasteiger partial charge in [0.05, 0.1) is 18.1 Å². The van der Waals surface area contributed by atoms with E-state index in [1.165, 1.54) is 6.07 Å². The van der Waals surface area contributed by atoms with Crippen molar-refractivity contribution in [1.29, 1.82) is 0 Å². The van der Waals surface area contributed by atoms with Crippen molar-refractivity contribution in [2.75, 3.05) is 0 Å². The van der Waals surface area contributed by atoms with Gasteiger partial charge in [-0.2, -0.15) is 0 Å². The van der Waals surface area contributed by atoms with Gasteiger partial charge in [-0.05, 0) is 43.5 Å². The Bertz CT molecular complexity index is 785. The van der Waals surface area contributed by atoms with Gasteiger partial charge >= 0.3 is 5.97 Å². The van der Waals surface area contributed by atoms with E-state index in [-0.39, 0.29) is 24.0 Å². The molecule has 5 heteroatoms. The van der Waals surface area contributed by atoms with Crippen LogP contribution in [0.3, 0.4) is 0 Å². The monoisotopic (exact) mass is 355 g/mol. The third kappa shape index (κ3) is 5.34. The molecule has 2 N–H and O–H groups in total. The van der Waals surface area contributed by atoms with Crippen LogP contribution in [0.25, 0.3) is 0 Å². The van der Waals surface area contributed by atoms with Gasteiger partial charge in [-0.1, -0.05) is 37.3 Å². The van der Waals surface area contributed by atoms with Crippen molar-refractivity contribution in [2.45, 2.75) is 46.3 Å². The van der Waals surface area contributed by atoms with E-state index in [1.807, 2.05) is 32.0 Å². The SMILES string of the molecule is CCC(C)Oc1cc(C)ccc1CNC(=O)Cc1ccccc1C(=O)O. The lowest BCUT2D eigenvalue weighted by molar-refractivity contribution is -0.120. The number of carboxylic acid groups (broad SMARTS) is 1. The van der Waals surface area contributed by atoms with Gasteiger partial charge in [0, 0.05) is 12.1 Å². The Hall–Kier alpha value is -2.82. The molecule has 0 radical (unpaired) electrons. The number of rotatable bonds is 8. The fraction of sp³-hybridized carbons (Fsp3) is 0.333. The summed E-state index contributed by atoms with van der Waals surface area (Å²) in [4.78, 5) is 23.5. The summed E-state index contributed by atoms with van der Waals surface area (Å²) in [5, 5.41) is 12.1. The first kappa shape index (κ1) is 19.5. The predicted molar refractivity (Wildman–Crippen MR) is 101 cm³/mol. The second-order valence-corrected chi connectivity index (χ2v) is 6.36. The number of ether oxygens (including phenoxy) is 1. The number of benzene rings is 2. The molecule has 2 aromatic rings. The third-order valence-electron chi connectivity index (χ3n) is 4.20. The van der Waals surface area contributed by atoms with Gasteiger partial charge in [-0.25, -0.2) is 4.79 Å². The normalized spacial score (nSPS) is 11.7. The number of carbonyl (C=O) groups is 2.